The van der Waals surface area contributed by atoms with Gasteiger partial charge >= 0.3 is 5.63 Å². The summed E-state index contributed by atoms with van der Waals surface area (Å²) in [6, 6.07) is 15.4. The molecule has 0 aliphatic rings. The molecule has 1 aromatic heterocycles. The third-order valence-electron chi connectivity index (χ3n) is 4.58. The lowest BCUT2D eigenvalue weighted by Gasteiger charge is -2.25. The Labute approximate surface area is 141 Å². The number of aryl methyl sites for hydroxylation is 1. The van der Waals surface area contributed by atoms with Crippen molar-refractivity contribution < 1.29 is 9.52 Å². The van der Waals surface area contributed by atoms with Crippen LogP contribution in [0.2, 0.25) is 0 Å². The smallest absolute Gasteiger partial charge is 0.336 e. The Kier molecular flexibility index (Phi) is 4.40. The Bertz CT molecular complexity index is 915. The molecule has 4 nitrogen and oxygen atoms in total. The number of hydrogen-bond acceptors (Lipinski definition) is 4. The van der Waals surface area contributed by atoms with E-state index in [1.165, 1.54) is 11.6 Å². The Balaban J connectivity index is 1.98. The van der Waals surface area contributed by atoms with Gasteiger partial charge in [-0.15, -0.1) is 0 Å². The molecular formula is C20H21NO3. The maximum atomic E-state index is 11.9. The van der Waals surface area contributed by atoms with Crippen molar-refractivity contribution in [3.05, 3.63) is 75.6 Å². The minimum atomic E-state index is -0.396. The molecule has 0 bridgehead atoms. The van der Waals surface area contributed by atoms with E-state index in [9.17, 15) is 9.90 Å². The minimum Gasteiger partial charge on any atom is -0.508 e. The van der Waals surface area contributed by atoms with Crippen LogP contribution in [0.3, 0.4) is 0 Å². The molecule has 1 N–H and O–H groups in total. The van der Waals surface area contributed by atoms with E-state index in [-0.39, 0.29) is 11.8 Å². The predicted octanol–water partition coefficient (Wildman–Crippen LogP) is 4.00. The molecule has 3 aromatic rings. The third kappa shape index (κ3) is 3.05. The molecule has 2 aromatic carbocycles. The maximum absolute atomic E-state index is 11.9. The van der Waals surface area contributed by atoms with Crippen molar-refractivity contribution in [3.63, 3.8) is 0 Å². The normalized spacial score (nSPS) is 12.7. The largest absolute Gasteiger partial charge is 0.508 e. The van der Waals surface area contributed by atoms with E-state index in [2.05, 4.69) is 24.0 Å². The van der Waals surface area contributed by atoms with Crippen LogP contribution in [-0.2, 0) is 6.54 Å². The van der Waals surface area contributed by atoms with Gasteiger partial charge in [-0.05, 0) is 44.2 Å². The molecule has 0 saturated heterocycles. The van der Waals surface area contributed by atoms with E-state index in [0.29, 0.717) is 17.7 Å². The first-order valence-corrected chi connectivity index (χ1v) is 7.98. The van der Waals surface area contributed by atoms with Crippen molar-refractivity contribution in [2.24, 2.45) is 0 Å². The molecule has 0 aliphatic heterocycles. The standard InChI is InChI=1S/C20H21NO3/c1-13-18(22)10-9-17-16(11-19(23)24-20(13)17)12-21(3)14(2)15-7-5-4-6-8-15/h4-11,14,22H,12H2,1-3H3/t14-/m0/s1. The fourth-order valence-electron chi connectivity index (χ4n) is 2.94. The van der Waals surface area contributed by atoms with Crippen LogP contribution in [0.4, 0.5) is 0 Å². The quantitative estimate of drug-likeness (QED) is 0.737. The predicted molar refractivity (Wildman–Crippen MR) is 95.2 cm³/mol. The molecule has 3 rings (SSSR count). The molecule has 0 unspecified atom stereocenters. The van der Waals surface area contributed by atoms with Gasteiger partial charge in [0.2, 0.25) is 0 Å². The number of aromatic hydroxyl groups is 1. The van der Waals surface area contributed by atoms with E-state index in [4.69, 9.17) is 4.42 Å². The van der Waals surface area contributed by atoms with Gasteiger partial charge in [-0.25, -0.2) is 4.79 Å². The lowest BCUT2D eigenvalue weighted by molar-refractivity contribution is 0.253. The topological polar surface area (TPSA) is 53.7 Å². The van der Waals surface area contributed by atoms with Crippen molar-refractivity contribution in [1.29, 1.82) is 0 Å². The number of rotatable bonds is 4. The van der Waals surface area contributed by atoms with Gasteiger partial charge in [0.1, 0.15) is 11.3 Å². The SMILES string of the molecule is Cc1c(O)ccc2c(CN(C)[C@@H](C)c3ccccc3)cc(=O)oc12. The number of benzene rings is 2. The summed E-state index contributed by atoms with van der Waals surface area (Å²) in [5.41, 5.74) is 2.77. The molecule has 4 heteroatoms. The van der Waals surface area contributed by atoms with Crippen LogP contribution in [0.1, 0.15) is 29.7 Å². The molecule has 1 atom stereocenters. The second kappa shape index (κ2) is 6.49. The van der Waals surface area contributed by atoms with Gasteiger partial charge in [-0.1, -0.05) is 30.3 Å². The van der Waals surface area contributed by atoms with Crippen molar-refractivity contribution >= 4 is 11.0 Å². The van der Waals surface area contributed by atoms with E-state index in [1.54, 1.807) is 19.1 Å². The molecule has 0 saturated carbocycles. The third-order valence-corrected chi connectivity index (χ3v) is 4.58. The van der Waals surface area contributed by atoms with Gasteiger partial charge in [0.25, 0.3) is 0 Å². The molecule has 124 valence electrons. The summed E-state index contributed by atoms with van der Waals surface area (Å²) in [7, 11) is 2.03. The van der Waals surface area contributed by atoms with Crippen LogP contribution in [0.5, 0.6) is 5.75 Å². The lowest BCUT2D eigenvalue weighted by Crippen LogP contribution is -2.22. The molecule has 0 amide bonds. The Morgan fingerprint density at radius 2 is 1.88 bits per heavy atom. The van der Waals surface area contributed by atoms with Gasteiger partial charge in [-0.3, -0.25) is 4.90 Å². The summed E-state index contributed by atoms with van der Waals surface area (Å²) in [5, 5.41) is 10.7. The minimum absolute atomic E-state index is 0.133. The molecule has 0 aliphatic carbocycles. The second-order valence-electron chi connectivity index (χ2n) is 6.18. The Hall–Kier alpha value is -2.59. The first kappa shape index (κ1) is 16.3. The number of hydrogen-bond donors (Lipinski definition) is 1. The van der Waals surface area contributed by atoms with E-state index in [0.717, 1.165) is 10.9 Å². The van der Waals surface area contributed by atoms with Crippen LogP contribution >= 0.6 is 0 Å². The van der Waals surface area contributed by atoms with Crippen molar-refractivity contribution in [2.75, 3.05) is 7.05 Å². The first-order valence-electron chi connectivity index (χ1n) is 7.98. The number of fused-ring (bicyclic) bond motifs is 1. The van der Waals surface area contributed by atoms with Gasteiger partial charge in [0.05, 0.1) is 0 Å². The fourth-order valence-corrected chi connectivity index (χ4v) is 2.94. The van der Waals surface area contributed by atoms with Crippen LogP contribution < -0.4 is 5.63 Å². The van der Waals surface area contributed by atoms with E-state index in [1.807, 2.05) is 25.2 Å². The monoisotopic (exact) mass is 323 g/mol. The van der Waals surface area contributed by atoms with Gasteiger partial charge in [-0.2, -0.15) is 0 Å². The summed E-state index contributed by atoms with van der Waals surface area (Å²) in [6.07, 6.45) is 0. The summed E-state index contributed by atoms with van der Waals surface area (Å²) in [4.78, 5) is 14.1. The Morgan fingerprint density at radius 1 is 1.17 bits per heavy atom. The average molecular weight is 323 g/mol. The lowest BCUT2D eigenvalue weighted by atomic mass is 10.0. The van der Waals surface area contributed by atoms with Crippen LogP contribution in [0.25, 0.3) is 11.0 Å². The van der Waals surface area contributed by atoms with Gasteiger partial charge < -0.3 is 9.52 Å². The summed E-state index contributed by atoms with van der Waals surface area (Å²) in [5.74, 6) is 0.133. The van der Waals surface area contributed by atoms with Gasteiger partial charge in [0.15, 0.2) is 0 Å². The van der Waals surface area contributed by atoms with Crippen molar-refractivity contribution in [3.8, 4) is 5.75 Å². The maximum Gasteiger partial charge on any atom is 0.336 e. The summed E-state index contributed by atoms with van der Waals surface area (Å²) < 4.78 is 5.31. The summed E-state index contributed by atoms with van der Waals surface area (Å²) in [6.45, 7) is 4.50. The van der Waals surface area contributed by atoms with Crippen molar-refractivity contribution in [1.82, 2.24) is 4.90 Å². The zero-order valence-electron chi connectivity index (χ0n) is 14.1. The van der Waals surface area contributed by atoms with Crippen LogP contribution in [0.15, 0.2) is 57.7 Å². The zero-order valence-corrected chi connectivity index (χ0v) is 14.1. The van der Waals surface area contributed by atoms with Crippen molar-refractivity contribution in [2.45, 2.75) is 26.4 Å². The van der Waals surface area contributed by atoms with E-state index >= 15 is 0 Å². The number of phenols is 1. The van der Waals surface area contributed by atoms with E-state index < -0.39 is 5.63 Å². The second-order valence-corrected chi connectivity index (χ2v) is 6.18. The van der Waals surface area contributed by atoms with Crippen LogP contribution in [0, 0.1) is 6.92 Å². The Morgan fingerprint density at radius 3 is 2.58 bits per heavy atom. The molecule has 0 spiro atoms. The highest BCUT2D eigenvalue weighted by Gasteiger charge is 2.16. The highest BCUT2D eigenvalue weighted by molar-refractivity contribution is 5.84. The number of nitrogens with zero attached hydrogens (tertiary/aromatic N) is 1. The average Bonchev–Trinajstić information content (AvgIpc) is 2.58. The molecule has 24 heavy (non-hydrogen) atoms. The highest BCUT2D eigenvalue weighted by atomic mass is 16.4. The molecule has 0 radical (unpaired) electrons. The zero-order chi connectivity index (χ0) is 17.3. The first-order chi connectivity index (χ1) is 11.5. The molecule has 1 heterocycles. The fraction of sp³-hybridized carbons (Fsp3) is 0.250. The van der Waals surface area contributed by atoms with Crippen LogP contribution in [-0.4, -0.2) is 17.1 Å². The summed E-state index contributed by atoms with van der Waals surface area (Å²) >= 11 is 0. The highest BCUT2D eigenvalue weighted by Crippen LogP contribution is 2.29. The van der Waals surface area contributed by atoms with Gasteiger partial charge in [0, 0.05) is 29.6 Å². The molecule has 0 fully saturated rings. The molecular weight excluding hydrogens is 302 g/mol. The number of phenolic OH excluding ortho intramolecular Hbond substituents is 1.